The Kier molecular flexibility index (Phi) is 6.79. The summed E-state index contributed by atoms with van der Waals surface area (Å²) in [4.78, 5) is 31.8. The van der Waals surface area contributed by atoms with Crippen LogP contribution in [0.25, 0.3) is 6.08 Å². The number of carbonyl (C=O) groups excluding carboxylic acids is 1. The van der Waals surface area contributed by atoms with Gasteiger partial charge >= 0.3 is 0 Å². The van der Waals surface area contributed by atoms with Crippen LogP contribution in [0, 0.1) is 17.0 Å². The first kappa shape index (κ1) is 22.6. The van der Waals surface area contributed by atoms with Crippen LogP contribution in [-0.4, -0.2) is 50.8 Å². The number of nitro groups is 1. The van der Waals surface area contributed by atoms with Crippen molar-refractivity contribution in [3.8, 4) is 0 Å². The fraction of sp³-hybridized carbons (Fsp3) is 0.292. The van der Waals surface area contributed by atoms with Crippen LogP contribution >= 0.6 is 11.5 Å². The van der Waals surface area contributed by atoms with E-state index in [0.29, 0.717) is 26.1 Å². The van der Waals surface area contributed by atoms with Crippen molar-refractivity contribution in [2.75, 3.05) is 24.5 Å². The number of anilines is 1. The standard InChI is InChI=1S/C24H25N5O3S/c1-17-3-5-20(6-4-17)15-22-25-24(33-26-22)27-13-14-28(18(2)16-27)23(30)12-9-19-7-10-21(11-8-19)29(31)32/h3-12,18H,13-16H2,1-2H3/b12-9+. The third-order valence-corrected chi connectivity index (χ3v) is 6.46. The van der Waals surface area contributed by atoms with Gasteiger partial charge < -0.3 is 9.80 Å². The molecule has 0 saturated carbocycles. The number of aryl methyl sites for hydroxylation is 1. The zero-order valence-corrected chi connectivity index (χ0v) is 19.4. The van der Waals surface area contributed by atoms with E-state index in [9.17, 15) is 14.9 Å². The number of nitro benzene ring substituents is 1. The van der Waals surface area contributed by atoms with Gasteiger partial charge in [0.1, 0.15) is 5.82 Å². The summed E-state index contributed by atoms with van der Waals surface area (Å²) in [6.07, 6.45) is 3.92. The molecule has 2 heterocycles. The Morgan fingerprint density at radius 3 is 2.58 bits per heavy atom. The summed E-state index contributed by atoms with van der Waals surface area (Å²) in [6, 6.07) is 14.5. The molecular formula is C24H25N5O3S. The zero-order valence-electron chi connectivity index (χ0n) is 18.5. The highest BCUT2D eigenvalue weighted by Crippen LogP contribution is 2.23. The van der Waals surface area contributed by atoms with Gasteiger partial charge in [0.2, 0.25) is 11.0 Å². The van der Waals surface area contributed by atoms with Crippen LogP contribution in [0.3, 0.4) is 0 Å². The fourth-order valence-electron chi connectivity index (χ4n) is 3.76. The lowest BCUT2D eigenvalue weighted by Crippen LogP contribution is -2.53. The Labute approximate surface area is 196 Å². The van der Waals surface area contributed by atoms with Gasteiger partial charge in [-0.05, 0) is 43.2 Å². The molecule has 1 aliphatic heterocycles. The molecule has 1 aliphatic rings. The molecule has 9 heteroatoms. The first-order valence-corrected chi connectivity index (χ1v) is 11.5. The van der Waals surface area contributed by atoms with Gasteiger partial charge in [0.15, 0.2) is 0 Å². The Bertz CT molecular complexity index is 1160. The Hall–Kier alpha value is -3.59. The number of piperazine rings is 1. The van der Waals surface area contributed by atoms with Crippen molar-refractivity contribution in [2.45, 2.75) is 26.3 Å². The van der Waals surface area contributed by atoms with Crippen LogP contribution in [0.4, 0.5) is 10.8 Å². The molecule has 1 saturated heterocycles. The van der Waals surface area contributed by atoms with Crippen molar-refractivity contribution >= 4 is 34.3 Å². The second-order valence-electron chi connectivity index (χ2n) is 8.16. The lowest BCUT2D eigenvalue weighted by molar-refractivity contribution is -0.384. The Balaban J connectivity index is 1.33. The first-order chi connectivity index (χ1) is 15.9. The second kappa shape index (κ2) is 9.91. The molecule has 1 aromatic heterocycles. The summed E-state index contributed by atoms with van der Waals surface area (Å²) in [5.41, 5.74) is 3.19. The monoisotopic (exact) mass is 463 g/mol. The maximum Gasteiger partial charge on any atom is 0.269 e. The number of amides is 1. The number of aromatic nitrogens is 2. The molecule has 1 fully saturated rings. The third kappa shape index (κ3) is 5.61. The average Bonchev–Trinajstić information content (AvgIpc) is 3.27. The Morgan fingerprint density at radius 1 is 1.18 bits per heavy atom. The third-order valence-electron chi connectivity index (χ3n) is 5.64. The minimum atomic E-state index is -0.441. The van der Waals surface area contributed by atoms with Crippen LogP contribution in [-0.2, 0) is 11.2 Å². The maximum absolute atomic E-state index is 12.7. The Morgan fingerprint density at radius 2 is 1.91 bits per heavy atom. The van der Waals surface area contributed by atoms with Crippen molar-refractivity contribution in [2.24, 2.45) is 0 Å². The van der Waals surface area contributed by atoms with Crippen LogP contribution in [0.2, 0.25) is 0 Å². The molecule has 0 N–H and O–H groups in total. The number of hydrogen-bond acceptors (Lipinski definition) is 7. The molecule has 8 nitrogen and oxygen atoms in total. The van der Waals surface area contributed by atoms with E-state index in [-0.39, 0.29) is 17.6 Å². The van der Waals surface area contributed by atoms with E-state index in [1.54, 1.807) is 18.2 Å². The van der Waals surface area contributed by atoms with E-state index in [4.69, 9.17) is 4.98 Å². The molecule has 0 aliphatic carbocycles. The predicted octanol–water partition coefficient (Wildman–Crippen LogP) is 4.10. The number of rotatable bonds is 6. The average molecular weight is 464 g/mol. The van der Waals surface area contributed by atoms with Crippen molar-refractivity contribution in [3.05, 3.63) is 87.2 Å². The molecule has 2 aromatic carbocycles. The second-order valence-corrected chi connectivity index (χ2v) is 8.89. The largest absolute Gasteiger partial charge is 0.343 e. The smallest absolute Gasteiger partial charge is 0.269 e. The summed E-state index contributed by atoms with van der Waals surface area (Å²) in [6.45, 7) is 6.08. The van der Waals surface area contributed by atoms with Gasteiger partial charge in [0.05, 0.1) is 4.92 Å². The number of nitrogens with zero attached hydrogens (tertiary/aromatic N) is 5. The van der Waals surface area contributed by atoms with E-state index >= 15 is 0 Å². The molecule has 170 valence electrons. The van der Waals surface area contributed by atoms with Crippen LogP contribution in [0.15, 0.2) is 54.6 Å². The van der Waals surface area contributed by atoms with E-state index in [1.165, 1.54) is 40.9 Å². The first-order valence-electron chi connectivity index (χ1n) is 10.8. The van der Waals surface area contributed by atoms with E-state index in [2.05, 4.69) is 40.5 Å². The summed E-state index contributed by atoms with van der Waals surface area (Å²) in [5, 5.41) is 11.6. The van der Waals surface area contributed by atoms with E-state index < -0.39 is 4.92 Å². The summed E-state index contributed by atoms with van der Waals surface area (Å²) < 4.78 is 4.52. The highest BCUT2D eigenvalue weighted by atomic mass is 32.1. The molecule has 1 unspecified atom stereocenters. The van der Waals surface area contributed by atoms with Gasteiger partial charge in [-0.25, -0.2) is 4.98 Å². The summed E-state index contributed by atoms with van der Waals surface area (Å²) >= 11 is 1.40. The number of benzene rings is 2. The van der Waals surface area contributed by atoms with E-state index in [1.807, 2.05) is 11.8 Å². The van der Waals surface area contributed by atoms with Crippen molar-refractivity contribution in [1.82, 2.24) is 14.3 Å². The molecule has 4 rings (SSSR count). The highest BCUT2D eigenvalue weighted by molar-refractivity contribution is 7.09. The minimum absolute atomic E-state index is 0.0252. The molecule has 33 heavy (non-hydrogen) atoms. The van der Waals surface area contributed by atoms with Gasteiger partial charge in [-0.15, -0.1) is 0 Å². The van der Waals surface area contributed by atoms with Crippen LogP contribution in [0.1, 0.15) is 29.4 Å². The lowest BCUT2D eigenvalue weighted by Gasteiger charge is -2.39. The molecule has 3 aromatic rings. The normalized spacial score (nSPS) is 16.4. The number of non-ortho nitro benzene ring substituents is 1. The summed E-state index contributed by atoms with van der Waals surface area (Å²) in [7, 11) is 0. The number of hydrogen-bond donors (Lipinski definition) is 0. The van der Waals surface area contributed by atoms with Crippen LogP contribution in [0.5, 0.6) is 0 Å². The molecular weight excluding hydrogens is 438 g/mol. The van der Waals surface area contributed by atoms with Gasteiger partial charge in [-0.1, -0.05) is 29.8 Å². The molecule has 0 spiro atoms. The van der Waals surface area contributed by atoms with Crippen LogP contribution < -0.4 is 4.90 Å². The SMILES string of the molecule is Cc1ccc(Cc2nsc(N3CCN(C(=O)/C=C/c4ccc([N+](=O)[O-])cc4)C(C)C3)n2)cc1. The fourth-order valence-corrected chi connectivity index (χ4v) is 4.48. The molecule has 1 atom stereocenters. The van der Waals surface area contributed by atoms with Gasteiger partial charge in [-0.3, -0.25) is 14.9 Å². The highest BCUT2D eigenvalue weighted by Gasteiger charge is 2.28. The minimum Gasteiger partial charge on any atom is -0.343 e. The van der Waals surface area contributed by atoms with Crippen molar-refractivity contribution in [3.63, 3.8) is 0 Å². The van der Waals surface area contributed by atoms with Gasteiger partial charge in [0.25, 0.3) is 5.69 Å². The molecule has 0 radical (unpaired) electrons. The van der Waals surface area contributed by atoms with Crippen molar-refractivity contribution in [1.29, 1.82) is 0 Å². The van der Waals surface area contributed by atoms with Gasteiger partial charge in [0, 0.05) is 61.8 Å². The van der Waals surface area contributed by atoms with Gasteiger partial charge in [-0.2, -0.15) is 4.37 Å². The summed E-state index contributed by atoms with van der Waals surface area (Å²) in [5.74, 6) is 0.744. The number of carbonyl (C=O) groups is 1. The topological polar surface area (TPSA) is 92.5 Å². The zero-order chi connectivity index (χ0) is 23.4. The van der Waals surface area contributed by atoms with E-state index in [0.717, 1.165) is 16.5 Å². The quantitative estimate of drug-likeness (QED) is 0.311. The maximum atomic E-state index is 12.7. The molecule has 0 bridgehead atoms. The van der Waals surface area contributed by atoms with Crippen molar-refractivity contribution < 1.29 is 9.72 Å². The molecule has 1 amide bonds. The predicted molar refractivity (Wildman–Crippen MR) is 129 cm³/mol. The lowest BCUT2D eigenvalue weighted by atomic mass is 10.1.